The summed E-state index contributed by atoms with van der Waals surface area (Å²) in [5.41, 5.74) is 3.27. The van der Waals surface area contributed by atoms with Crippen molar-refractivity contribution < 1.29 is 8.42 Å². The van der Waals surface area contributed by atoms with Crippen LogP contribution in [0.15, 0.2) is 59.9 Å². The van der Waals surface area contributed by atoms with Crippen molar-refractivity contribution in [3.8, 4) is 0 Å². The third-order valence-electron chi connectivity index (χ3n) is 5.90. The number of pyridine rings is 2. The first-order valence-corrected chi connectivity index (χ1v) is 11.5. The third kappa shape index (κ3) is 3.04. The molecule has 1 aromatic carbocycles. The first-order chi connectivity index (χ1) is 14.4. The summed E-state index contributed by atoms with van der Waals surface area (Å²) < 4.78 is 27.8. The Labute approximate surface area is 176 Å². The predicted molar refractivity (Wildman–Crippen MR) is 119 cm³/mol. The maximum atomic E-state index is 13.3. The van der Waals surface area contributed by atoms with Crippen molar-refractivity contribution in [1.82, 2.24) is 13.9 Å². The van der Waals surface area contributed by atoms with Gasteiger partial charge in [0.15, 0.2) is 5.65 Å². The van der Waals surface area contributed by atoms with Crippen molar-refractivity contribution in [2.75, 3.05) is 18.0 Å². The molecule has 4 aromatic rings. The van der Waals surface area contributed by atoms with Gasteiger partial charge in [0.25, 0.3) is 10.0 Å². The summed E-state index contributed by atoms with van der Waals surface area (Å²) in [5, 5.41) is 1.74. The fraction of sp³-hybridized carbons (Fsp3) is 0.261. The van der Waals surface area contributed by atoms with Gasteiger partial charge in [0, 0.05) is 41.9 Å². The molecule has 0 saturated carbocycles. The summed E-state index contributed by atoms with van der Waals surface area (Å²) in [4.78, 5) is 11.5. The Kier molecular flexibility index (Phi) is 4.50. The summed E-state index contributed by atoms with van der Waals surface area (Å²) in [6.45, 7) is 7.98. The molecule has 0 bridgehead atoms. The molecule has 7 heteroatoms. The van der Waals surface area contributed by atoms with Crippen molar-refractivity contribution in [1.29, 1.82) is 0 Å². The second-order valence-corrected chi connectivity index (χ2v) is 9.76. The number of fused-ring (bicyclic) bond motifs is 3. The van der Waals surface area contributed by atoms with E-state index >= 15 is 0 Å². The smallest absolute Gasteiger partial charge is 0.269 e. The van der Waals surface area contributed by atoms with E-state index in [9.17, 15) is 8.42 Å². The van der Waals surface area contributed by atoms with Gasteiger partial charge in [-0.05, 0) is 49.9 Å². The molecule has 30 heavy (non-hydrogen) atoms. The lowest BCUT2D eigenvalue weighted by atomic mass is 9.98. The van der Waals surface area contributed by atoms with Crippen LogP contribution in [0.25, 0.3) is 21.9 Å². The van der Waals surface area contributed by atoms with Gasteiger partial charge < -0.3 is 4.90 Å². The zero-order chi connectivity index (χ0) is 20.9. The maximum Gasteiger partial charge on any atom is 0.269 e. The van der Waals surface area contributed by atoms with Crippen LogP contribution in [0.3, 0.4) is 0 Å². The highest BCUT2D eigenvalue weighted by Crippen LogP contribution is 2.34. The van der Waals surface area contributed by atoms with Crippen molar-refractivity contribution in [2.24, 2.45) is 5.92 Å². The van der Waals surface area contributed by atoms with E-state index in [-0.39, 0.29) is 4.90 Å². The van der Waals surface area contributed by atoms with E-state index in [4.69, 9.17) is 0 Å². The molecular formula is C23H23N4O2S. The fourth-order valence-corrected chi connectivity index (χ4v) is 5.45. The topological polar surface area (TPSA) is 68.1 Å². The van der Waals surface area contributed by atoms with Crippen molar-refractivity contribution in [2.45, 2.75) is 24.7 Å². The number of aryl methyl sites for hydroxylation is 1. The molecule has 0 aliphatic carbocycles. The number of aromatic nitrogens is 3. The number of hydrogen-bond acceptors (Lipinski definition) is 5. The standard InChI is InChI=1S/C23H23N4O2S/c1-16-3-5-18(6-4-16)30(28,29)27-14-10-19-22-20(15-25-23(19)27)24-11-7-21(22)26-12-8-17(2)9-13-26/h3-7,10-11,14-15,17H,2,8-9,12-13H2,1H3. The number of rotatable bonds is 3. The SMILES string of the molecule is [CH2]C1CCN(c2ccnc3cnc4c(ccn4S(=O)(=O)c4ccc(C)cc4)c23)CC1. The van der Waals surface area contributed by atoms with Crippen LogP contribution in [0, 0.1) is 19.8 Å². The van der Waals surface area contributed by atoms with Crippen molar-refractivity contribution in [3.63, 3.8) is 0 Å². The highest BCUT2D eigenvalue weighted by molar-refractivity contribution is 7.90. The van der Waals surface area contributed by atoms with Gasteiger partial charge in [-0.3, -0.25) is 4.98 Å². The van der Waals surface area contributed by atoms with Crippen LogP contribution >= 0.6 is 0 Å². The molecule has 0 N–H and O–H groups in total. The minimum Gasteiger partial charge on any atom is -0.371 e. The Balaban J connectivity index is 1.69. The zero-order valence-electron chi connectivity index (χ0n) is 16.8. The Morgan fingerprint density at radius 2 is 1.77 bits per heavy atom. The minimum absolute atomic E-state index is 0.247. The largest absolute Gasteiger partial charge is 0.371 e. The van der Waals surface area contributed by atoms with Crippen LogP contribution in [0.1, 0.15) is 18.4 Å². The summed E-state index contributed by atoms with van der Waals surface area (Å²) in [7, 11) is -3.74. The van der Waals surface area contributed by atoms with Crippen LogP contribution in [-0.2, 0) is 10.0 Å². The summed E-state index contributed by atoms with van der Waals surface area (Å²) in [5.74, 6) is 0.483. The molecule has 0 spiro atoms. The first kappa shape index (κ1) is 19.1. The van der Waals surface area contributed by atoms with Gasteiger partial charge in [-0.1, -0.05) is 24.6 Å². The van der Waals surface area contributed by atoms with E-state index in [2.05, 4.69) is 21.8 Å². The molecule has 6 nitrogen and oxygen atoms in total. The molecule has 3 aromatic heterocycles. The Bertz CT molecular complexity index is 1340. The van der Waals surface area contributed by atoms with E-state index in [1.54, 1.807) is 42.9 Å². The number of piperidine rings is 1. The van der Waals surface area contributed by atoms with Gasteiger partial charge in [0.2, 0.25) is 0 Å². The number of hydrogen-bond donors (Lipinski definition) is 0. The normalized spacial score (nSPS) is 15.9. The fourth-order valence-electron chi connectivity index (χ4n) is 4.15. The zero-order valence-corrected chi connectivity index (χ0v) is 17.6. The minimum atomic E-state index is -3.74. The molecular weight excluding hydrogens is 396 g/mol. The molecule has 1 saturated heterocycles. The number of anilines is 1. The predicted octanol–water partition coefficient (Wildman–Crippen LogP) is 4.18. The van der Waals surface area contributed by atoms with E-state index in [0.29, 0.717) is 11.6 Å². The Morgan fingerprint density at radius 1 is 1.03 bits per heavy atom. The van der Waals surface area contributed by atoms with E-state index in [1.807, 2.05) is 19.1 Å². The highest BCUT2D eigenvalue weighted by atomic mass is 32.2. The Morgan fingerprint density at radius 3 is 2.50 bits per heavy atom. The molecule has 1 radical (unpaired) electrons. The lowest BCUT2D eigenvalue weighted by Gasteiger charge is -2.32. The van der Waals surface area contributed by atoms with Gasteiger partial charge in [-0.15, -0.1) is 0 Å². The van der Waals surface area contributed by atoms with Crippen molar-refractivity contribution >= 4 is 37.6 Å². The van der Waals surface area contributed by atoms with Gasteiger partial charge in [0.1, 0.15) is 0 Å². The molecule has 4 heterocycles. The average molecular weight is 420 g/mol. The van der Waals surface area contributed by atoms with Crippen LogP contribution in [0.5, 0.6) is 0 Å². The molecule has 1 aliphatic heterocycles. The first-order valence-electron chi connectivity index (χ1n) is 10.1. The van der Waals surface area contributed by atoms with Gasteiger partial charge in [-0.2, -0.15) is 0 Å². The average Bonchev–Trinajstić information content (AvgIpc) is 3.19. The van der Waals surface area contributed by atoms with Gasteiger partial charge in [0.05, 0.1) is 16.6 Å². The lowest BCUT2D eigenvalue weighted by molar-refractivity contribution is 0.476. The van der Waals surface area contributed by atoms with Crippen LogP contribution in [0.2, 0.25) is 0 Å². The van der Waals surface area contributed by atoms with Crippen LogP contribution in [0.4, 0.5) is 5.69 Å². The van der Waals surface area contributed by atoms with E-state index in [1.165, 1.54) is 3.97 Å². The monoisotopic (exact) mass is 419 g/mol. The lowest BCUT2D eigenvalue weighted by Crippen LogP contribution is -2.33. The van der Waals surface area contributed by atoms with Gasteiger partial charge in [-0.25, -0.2) is 17.4 Å². The van der Waals surface area contributed by atoms with Crippen LogP contribution in [-0.4, -0.2) is 35.4 Å². The van der Waals surface area contributed by atoms with Gasteiger partial charge >= 0.3 is 0 Å². The maximum absolute atomic E-state index is 13.3. The molecule has 153 valence electrons. The van der Waals surface area contributed by atoms with E-state index < -0.39 is 10.0 Å². The summed E-state index contributed by atoms with van der Waals surface area (Å²) >= 11 is 0. The molecule has 1 aliphatic rings. The Hall–Kier alpha value is -2.93. The number of nitrogens with zero attached hydrogens (tertiary/aromatic N) is 4. The van der Waals surface area contributed by atoms with Crippen LogP contribution < -0.4 is 4.90 Å². The highest BCUT2D eigenvalue weighted by Gasteiger charge is 2.23. The summed E-state index contributed by atoms with van der Waals surface area (Å²) in [6.07, 6.45) is 7.13. The third-order valence-corrected chi connectivity index (χ3v) is 7.58. The number of benzene rings is 1. The van der Waals surface area contributed by atoms with Crippen molar-refractivity contribution in [3.05, 3.63) is 67.5 Å². The summed E-state index contributed by atoms with van der Waals surface area (Å²) in [6, 6.07) is 10.7. The second kappa shape index (κ2) is 7.09. The molecule has 0 amide bonds. The molecule has 5 rings (SSSR count). The second-order valence-electron chi connectivity index (χ2n) is 7.95. The quantitative estimate of drug-likeness (QED) is 0.498. The molecule has 0 unspecified atom stereocenters. The molecule has 0 atom stereocenters. The molecule has 1 fully saturated rings. The van der Waals surface area contributed by atoms with E-state index in [0.717, 1.165) is 53.5 Å².